The standard InChI is InChI=1S/C17H22ClN5O/c1-3-22-11-19-21-16(22)13-5-4-8-23(10-13)17(24)20-15-7-6-12(2)9-14(15)18/h6-7,9,11,13H,3-5,8,10H2,1-2H3,(H,20,24)/t13-/m0/s1. The minimum absolute atomic E-state index is 0.118. The minimum Gasteiger partial charge on any atom is -0.324 e. The third kappa shape index (κ3) is 3.53. The Kier molecular flexibility index (Phi) is 5.04. The summed E-state index contributed by atoms with van der Waals surface area (Å²) < 4.78 is 2.04. The van der Waals surface area contributed by atoms with Crippen molar-refractivity contribution in [3.05, 3.63) is 40.9 Å². The minimum atomic E-state index is -0.118. The van der Waals surface area contributed by atoms with E-state index in [4.69, 9.17) is 11.6 Å². The first-order valence-electron chi connectivity index (χ1n) is 8.28. The molecule has 1 saturated heterocycles. The molecule has 1 aliphatic heterocycles. The van der Waals surface area contributed by atoms with Crippen molar-refractivity contribution in [3.63, 3.8) is 0 Å². The molecule has 0 radical (unpaired) electrons. The largest absolute Gasteiger partial charge is 0.324 e. The van der Waals surface area contributed by atoms with Crippen LogP contribution >= 0.6 is 11.6 Å². The number of aryl methyl sites for hydroxylation is 2. The van der Waals surface area contributed by atoms with Gasteiger partial charge in [0.1, 0.15) is 12.2 Å². The number of benzene rings is 1. The number of carbonyl (C=O) groups excluding carboxylic acids is 1. The van der Waals surface area contributed by atoms with E-state index in [0.29, 0.717) is 17.3 Å². The molecular weight excluding hydrogens is 326 g/mol. The van der Waals surface area contributed by atoms with E-state index in [0.717, 1.165) is 37.3 Å². The molecule has 1 N–H and O–H groups in total. The van der Waals surface area contributed by atoms with Gasteiger partial charge in [0.05, 0.1) is 10.7 Å². The molecule has 2 aromatic rings. The summed E-state index contributed by atoms with van der Waals surface area (Å²) in [6, 6.07) is 5.50. The Balaban J connectivity index is 1.69. The molecule has 0 bridgehead atoms. The fourth-order valence-electron chi connectivity index (χ4n) is 3.11. The number of amides is 2. The lowest BCUT2D eigenvalue weighted by Crippen LogP contribution is -2.42. The van der Waals surface area contributed by atoms with E-state index in [1.165, 1.54) is 0 Å². The molecule has 24 heavy (non-hydrogen) atoms. The first kappa shape index (κ1) is 16.8. The lowest BCUT2D eigenvalue weighted by atomic mass is 9.97. The molecule has 0 aliphatic carbocycles. The molecule has 1 atom stereocenters. The zero-order valence-corrected chi connectivity index (χ0v) is 14.8. The van der Waals surface area contributed by atoms with Gasteiger partial charge in [0, 0.05) is 25.6 Å². The highest BCUT2D eigenvalue weighted by atomic mass is 35.5. The topological polar surface area (TPSA) is 63.1 Å². The molecule has 1 aromatic carbocycles. The van der Waals surface area contributed by atoms with Crippen LogP contribution in [0.1, 0.15) is 37.1 Å². The van der Waals surface area contributed by atoms with Crippen LogP contribution < -0.4 is 5.32 Å². The van der Waals surface area contributed by atoms with Crippen molar-refractivity contribution in [2.24, 2.45) is 0 Å². The molecule has 0 saturated carbocycles. The number of carbonyl (C=O) groups is 1. The summed E-state index contributed by atoms with van der Waals surface area (Å²) in [6.07, 6.45) is 3.73. The van der Waals surface area contributed by atoms with Crippen LogP contribution in [-0.2, 0) is 6.54 Å². The van der Waals surface area contributed by atoms with Crippen molar-refractivity contribution < 1.29 is 4.79 Å². The summed E-state index contributed by atoms with van der Waals surface area (Å²) >= 11 is 6.21. The van der Waals surface area contributed by atoms with E-state index in [1.54, 1.807) is 6.33 Å². The fraction of sp³-hybridized carbons (Fsp3) is 0.471. The van der Waals surface area contributed by atoms with E-state index >= 15 is 0 Å². The lowest BCUT2D eigenvalue weighted by molar-refractivity contribution is 0.190. The van der Waals surface area contributed by atoms with Crippen LogP contribution in [0.25, 0.3) is 0 Å². The van der Waals surface area contributed by atoms with Crippen LogP contribution in [-0.4, -0.2) is 38.8 Å². The predicted molar refractivity (Wildman–Crippen MR) is 94.5 cm³/mol. The number of nitrogens with zero attached hydrogens (tertiary/aromatic N) is 4. The van der Waals surface area contributed by atoms with Gasteiger partial charge < -0.3 is 14.8 Å². The van der Waals surface area contributed by atoms with Gasteiger partial charge in [0.2, 0.25) is 0 Å². The third-order valence-corrected chi connectivity index (χ3v) is 4.74. The van der Waals surface area contributed by atoms with Crippen molar-refractivity contribution in [2.75, 3.05) is 18.4 Å². The number of aromatic nitrogens is 3. The van der Waals surface area contributed by atoms with E-state index in [1.807, 2.05) is 34.6 Å². The molecule has 0 unspecified atom stereocenters. The summed E-state index contributed by atoms with van der Waals surface area (Å²) in [7, 11) is 0. The van der Waals surface area contributed by atoms with Gasteiger partial charge in [-0.15, -0.1) is 10.2 Å². The zero-order valence-electron chi connectivity index (χ0n) is 14.0. The van der Waals surface area contributed by atoms with Crippen LogP contribution in [0.4, 0.5) is 10.5 Å². The summed E-state index contributed by atoms with van der Waals surface area (Å²) in [5.74, 6) is 1.18. The molecule has 1 aromatic heterocycles. The highest BCUT2D eigenvalue weighted by Gasteiger charge is 2.28. The van der Waals surface area contributed by atoms with Crippen LogP contribution in [0.2, 0.25) is 5.02 Å². The molecule has 7 heteroatoms. The third-order valence-electron chi connectivity index (χ3n) is 4.43. The number of hydrogen-bond acceptors (Lipinski definition) is 3. The van der Waals surface area contributed by atoms with Gasteiger partial charge in [-0.1, -0.05) is 17.7 Å². The van der Waals surface area contributed by atoms with Crippen LogP contribution in [0.15, 0.2) is 24.5 Å². The number of urea groups is 1. The van der Waals surface area contributed by atoms with Gasteiger partial charge in [-0.25, -0.2) is 4.79 Å². The number of nitrogens with one attached hydrogen (secondary N) is 1. The summed E-state index contributed by atoms with van der Waals surface area (Å²) in [5, 5.41) is 11.7. The van der Waals surface area contributed by atoms with Crippen molar-refractivity contribution in [2.45, 2.75) is 39.2 Å². The average molecular weight is 348 g/mol. The normalized spacial score (nSPS) is 17.8. The Bertz CT molecular complexity index is 730. The second kappa shape index (κ2) is 7.21. The number of halogens is 1. The number of rotatable bonds is 3. The van der Waals surface area contributed by atoms with Crippen LogP contribution in [0.5, 0.6) is 0 Å². The van der Waals surface area contributed by atoms with Gasteiger partial charge in [-0.3, -0.25) is 0 Å². The SMILES string of the molecule is CCn1cnnc1[C@H]1CCCN(C(=O)Nc2ccc(C)cc2Cl)C1. The fourth-order valence-corrected chi connectivity index (χ4v) is 3.39. The van der Waals surface area contributed by atoms with Gasteiger partial charge in [0.25, 0.3) is 0 Å². The maximum Gasteiger partial charge on any atom is 0.321 e. The van der Waals surface area contributed by atoms with Gasteiger partial charge in [-0.05, 0) is 44.4 Å². The quantitative estimate of drug-likeness (QED) is 0.921. The maximum atomic E-state index is 12.6. The monoisotopic (exact) mass is 347 g/mol. The van der Waals surface area contributed by atoms with Crippen LogP contribution in [0.3, 0.4) is 0 Å². The maximum absolute atomic E-state index is 12.6. The van der Waals surface area contributed by atoms with Crippen LogP contribution in [0, 0.1) is 6.92 Å². The molecule has 2 amide bonds. The van der Waals surface area contributed by atoms with Gasteiger partial charge in [-0.2, -0.15) is 0 Å². The van der Waals surface area contributed by atoms with Crippen molar-refractivity contribution in [1.82, 2.24) is 19.7 Å². The Morgan fingerprint density at radius 3 is 3.04 bits per heavy atom. The number of anilines is 1. The molecule has 3 rings (SSSR count). The smallest absolute Gasteiger partial charge is 0.321 e. The van der Waals surface area contributed by atoms with E-state index < -0.39 is 0 Å². The first-order chi connectivity index (χ1) is 11.6. The summed E-state index contributed by atoms with van der Waals surface area (Å²) in [6.45, 7) is 6.26. The Hall–Kier alpha value is -2.08. The Morgan fingerprint density at radius 1 is 1.46 bits per heavy atom. The Morgan fingerprint density at radius 2 is 2.29 bits per heavy atom. The average Bonchev–Trinajstić information content (AvgIpc) is 3.06. The zero-order chi connectivity index (χ0) is 17.1. The second-order valence-corrected chi connectivity index (χ2v) is 6.58. The van der Waals surface area contributed by atoms with Crippen molar-refractivity contribution in [3.8, 4) is 0 Å². The van der Waals surface area contributed by atoms with Crippen molar-refractivity contribution in [1.29, 1.82) is 0 Å². The van der Waals surface area contributed by atoms with Gasteiger partial charge >= 0.3 is 6.03 Å². The lowest BCUT2D eigenvalue weighted by Gasteiger charge is -2.32. The highest BCUT2D eigenvalue weighted by Crippen LogP contribution is 2.27. The Labute approximate surface area is 146 Å². The number of hydrogen-bond donors (Lipinski definition) is 1. The number of likely N-dealkylation sites (tertiary alicyclic amines) is 1. The van der Waals surface area contributed by atoms with Crippen molar-refractivity contribution >= 4 is 23.3 Å². The molecule has 6 nitrogen and oxygen atoms in total. The molecule has 0 spiro atoms. The summed E-state index contributed by atoms with van der Waals surface area (Å²) in [5.41, 5.74) is 1.71. The highest BCUT2D eigenvalue weighted by molar-refractivity contribution is 6.33. The van der Waals surface area contributed by atoms with E-state index in [9.17, 15) is 4.79 Å². The predicted octanol–water partition coefficient (Wildman–Crippen LogP) is 3.67. The molecule has 1 aliphatic rings. The molecule has 128 valence electrons. The van der Waals surface area contributed by atoms with E-state index in [2.05, 4.69) is 22.4 Å². The number of piperidine rings is 1. The molecule has 1 fully saturated rings. The van der Waals surface area contributed by atoms with Gasteiger partial charge in [0.15, 0.2) is 0 Å². The van der Waals surface area contributed by atoms with E-state index in [-0.39, 0.29) is 11.9 Å². The molecular formula is C17H22ClN5O. The molecule has 2 heterocycles. The second-order valence-electron chi connectivity index (χ2n) is 6.17. The summed E-state index contributed by atoms with van der Waals surface area (Å²) in [4.78, 5) is 14.4. The first-order valence-corrected chi connectivity index (χ1v) is 8.66.